The van der Waals surface area contributed by atoms with Gasteiger partial charge in [-0.15, -0.1) is 0 Å². The molecule has 35 heavy (non-hydrogen) atoms. The van der Waals surface area contributed by atoms with Gasteiger partial charge >= 0.3 is 18.1 Å². The minimum Gasteiger partial charge on any atom is -0.343 e. The quantitative estimate of drug-likeness (QED) is 0.454. The van der Waals surface area contributed by atoms with Crippen molar-refractivity contribution in [3.8, 4) is 0 Å². The number of pyridine rings is 1. The first-order valence-electron chi connectivity index (χ1n) is 11.0. The first-order chi connectivity index (χ1) is 16.4. The highest BCUT2D eigenvalue weighted by molar-refractivity contribution is 5.49. The summed E-state index contributed by atoms with van der Waals surface area (Å²) in [6.07, 6.45) is -8.24. The summed E-state index contributed by atoms with van der Waals surface area (Å²) in [5, 5.41) is 3.91. The van der Waals surface area contributed by atoms with E-state index in [4.69, 9.17) is 4.52 Å². The van der Waals surface area contributed by atoms with Gasteiger partial charge < -0.3 is 4.90 Å². The molecule has 3 aromatic rings. The summed E-state index contributed by atoms with van der Waals surface area (Å²) in [6, 6.07) is 6.93. The van der Waals surface area contributed by atoms with Crippen molar-refractivity contribution < 1.29 is 30.9 Å². The van der Waals surface area contributed by atoms with Crippen LogP contribution < -0.4 is 10.7 Å². The van der Waals surface area contributed by atoms with Crippen molar-refractivity contribution in [2.45, 2.75) is 57.2 Å². The number of aryl methyl sites for hydroxylation is 1. The Labute approximate surface area is 195 Å². The number of nitrogens with zero attached hydrogens (tertiary/aromatic N) is 4. The Morgan fingerprint density at radius 2 is 1.83 bits per heavy atom. The molecular formula is C23H20F6N4O2. The Bertz CT molecular complexity index is 1280. The number of aromatic nitrogens is 3. The van der Waals surface area contributed by atoms with Crippen molar-refractivity contribution in [3.05, 3.63) is 75.2 Å². The predicted octanol–water partition coefficient (Wildman–Crippen LogP) is 5.36. The molecule has 1 saturated carbocycles. The third-order valence-electron chi connectivity index (χ3n) is 6.68. The number of hydrogen-bond acceptors (Lipinski definition) is 5. The van der Waals surface area contributed by atoms with Crippen LogP contribution in [0.3, 0.4) is 0 Å². The molecule has 12 heteroatoms. The van der Waals surface area contributed by atoms with Gasteiger partial charge in [-0.25, -0.2) is 9.78 Å². The predicted molar refractivity (Wildman–Crippen MR) is 112 cm³/mol. The first-order valence-corrected chi connectivity index (χ1v) is 11.0. The lowest BCUT2D eigenvalue weighted by Crippen LogP contribution is -2.38. The van der Waals surface area contributed by atoms with E-state index in [-0.39, 0.29) is 30.4 Å². The van der Waals surface area contributed by atoms with Crippen molar-refractivity contribution in [2.24, 2.45) is 5.92 Å². The molecule has 0 radical (unpaired) electrons. The number of piperidine rings is 1. The number of benzene rings is 1. The molecule has 0 spiro atoms. The molecule has 0 amide bonds. The molecule has 1 aromatic carbocycles. The maximum atomic E-state index is 13.5. The van der Waals surface area contributed by atoms with Crippen LogP contribution in [-0.2, 0) is 18.9 Å². The fourth-order valence-corrected chi connectivity index (χ4v) is 5.24. The lowest BCUT2D eigenvalue weighted by molar-refractivity contribution is -0.145. The molecule has 0 N–H and O–H groups in total. The van der Waals surface area contributed by atoms with Gasteiger partial charge in [0.05, 0.1) is 18.2 Å². The van der Waals surface area contributed by atoms with E-state index in [0.717, 1.165) is 11.1 Å². The van der Waals surface area contributed by atoms with E-state index in [1.54, 1.807) is 6.07 Å². The number of rotatable bonds is 4. The van der Waals surface area contributed by atoms with Crippen molar-refractivity contribution in [2.75, 3.05) is 4.90 Å². The van der Waals surface area contributed by atoms with E-state index in [0.29, 0.717) is 25.3 Å². The molecule has 1 aliphatic carbocycles. The average Bonchev–Trinajstić information content (AvgIpc) is 3.48. The monoisotopic (exact) mass is 498 g/mol. The van der Waals surface area contributed by atoms with Gasteiger partial charge in [0.25, 0.3) is 0 Å². The number of fused-ring (bicyclic) bond motifs is 2. The van der Waals surface area contributed by atoms with Gasteiger partial charge in [0.1, 0.15) is 11.5 Å². The number of alkyl halides is 6. The van der Waals surface area contributed by atoms with Crippen molar-refractivity contribution >= 4 is 5.82 Å². The molecule has 1 saturated heterocycles. The lowest BCUT2D eigenvalue weighted by Gasteiger charge is -2.36. The molecule has 186 valence electrons. The summed E-state index contributed by atoms with van der Waals surface area (Å²) in [5.74, 6) is -1.16. The van der Waals surface area contributed by atoms with Crippen LogP contribution in [-0.4, -0.2) is 20.7 Å². The van der Waals surface area contributed by atoms with Gasteiger partial charge in [0.15, 0.2) is 5.82 Å². The summed E-state index contributed by atoms with van der Waals surface area (Å²) in [4.78, 5) is 17.5. The Hall–Kier alpha value is -3.31. The Kier molecular flexibility index (Phi) is 5.44. The first kappa shape index (κ1) is 23.4. The molecule has 2 aromatic heterocycles. The third kappa shape index (κ3) is 4.30. The zero-order valence-electron chi connectivity index (χ0n) is 18.4. The van der Waals surface area contributed by atoms with Crippen LogP contribution in [0, 0.1) is 12.8 Å². The molecule has 1 aliphatic heterocycles. The number of halogens is 6. The topological polar surface area (TPSA) is 64.2 Å². The Morgan fingerprint density at radius 1 is 1.06 bits per heavy atom. The van der Waals surface area contributed by atoms with Crippen molar-refractivity contribution in [1.29, 1.82) is 0 Å². The molecule has 0 unspecified atom stereocenters. The summed E-state index contributed by atoms with van der Waals surface area (Å²) in [7, 11) is 0. The fraction of sp³-hybridized carbons (Fsp3) is 0.435. The summed E-state index contributed by atoms with van der Waals surface area (Å²) < 4.78 is 87.0. The normalized spacial score (nSPS) is 22.3. The SMILES string of the molecule is Cc1cccc(Cn2c([C@@H]3[C@H]4CC[C@H](C4)N3c3cc(C(F)(F)F)cc(C(F)(F)F)n3)noc2=O)c1. The van der Waals surface area contributed by atoms with Crippen LogP contribution in [0.5, 0.6) is 0 Å². The zero-order chi connectivity index (χ0) is 25.1. The number of anilines is 1. The van der Waals surface area contributed by atoms with Crippen LogP contribution in [0.15, 0.2) is 45.7 Å². The minimum absolute atomic E-state index is 0.0105. The van der Waals surface area contributed by atoms with Crippen LogP contribution in [0.1, 0.15) is 53.5 Å². The van der Waals surface area contributed by atoms with Crippen LogP contribution in [0.2, 0.25) is 0 Å². The van der Waals surface area contributed by atoms with Crippen LogP contribution >= 0.6 is 0 Å². The van der Waals surface area contributed by atoms with Crippen molar-refractivity contribution in [1.82, 2.24) is 14.7 Å². The lowest BCUT2D eigenvalue weighted by atomic mass is 9.97. The molecule has 3 atom stereocenters. The highest BCUT2D eigenvalue weighted by atomic mass is 19.4. The highest BCUT2D eigenvalue weighted by Gasteiger charge is 2.50. The molecule has 5 rings (SSSR count). The van der Waals surface area contributed by atoms with Gasteiger partial charge in [-0.2, -0.15) is 26.3 Å². The van der Waals surface area contributed by atoms with Gasteiger partial charge in [0.2, 0.25) is 0 Å². The summed E-state index contributed by atoms with van der Waals surface area (Å²) in [5.41, 5.74) is -1.32. The van der Waals surface area contributed by atoms with E-state index in [2.05, 4.69) is 10.1 Å². The summed E-state index contributed by atoms with van der Waals surface area (Å²) in [6.45, 7) is 1.99. The fourth-order valence-electron chi connectivity index (χ4n) is 5.24. The van der Waals surface area contributed by atoms with E-state index in [1.807, 2.05) is 25.1 Å². The van der Waals surface area contributed by atoms with E-state index < -0.39 is 41.2 Å². The zero-order valence-corrected chi connectivity index (χ0v) is 18.4. The van der Waals surface area contributed by atoms with Crippen molar-refractivity contribution in [3.63, 3.8) is 0 Å². The standard InChI is InChI=1S/C23H20F6N4O2/c1-12-3-2-4-13(7-12)11-32-20(31-35-21(32)34)19-14-5-6-16(8-14)33(19)18-10-15(22(24,25)26)9-17(30-18)23(27,28)29/h2-4,7,9-10,14,16,19H,5-6,8,11H2,1H3/t14-,16+,19-/m0/s1. The second-order valence-electron chi connectivity index (χ2n) is 9.06. The average molecular weight is 498 g/mol. The second kappa shape index (κ2) is 8.13. The molecule has 2 fully saturated rings. The smallest absolute Gasteiger partial charge is 0.343 e. The maximum absolute atomic E-state index is 13.5. The molecule has 2 bridgehead atoms. The highest BCUT2D eigenvalue weighted by Crippen LogP contribution is 2.52. The van der Waals surface area contributed by atoms with Crippen LogP contribution in [0.25, 0.3) is 0 Å². The Morgan fingerprint density at radius 3 is 2.51 bits per heavy atom. The molecule has 2 aliphatic rings. The molecule has 6 nitrogen and oxygen atoms in total. The van der Waals surface area contributed by atoms with Gasteiger partial charge in [-0.3, -0.25) is 9.09 Å². The third-order valence-corrected chi connectivity index (χ3v) is 6.68. The van der Waals surface area contributed by atoms with E-state index in [9.17, 15) is 31.1 Å². The minimum atomic E-state index is -5.06. The summed E-state index contributed by atoms with van der Waals surface area (Å²) >= 11 is 0. The second-order valence-corrected chi connectivity index (χ2v) is 9.06. The van der Waals surface area contributed by atoms with E-state index >= 15 is 0 Å². The molecule has 3 heterocycles. The maximum Gasteiger partial charge on any atom is 0.441 e. The van der Waals surface area contributed by atoms with E-state index in [1.165, 1.54) is 9.47 Å². The van der Waals surface area contributed by atoms with Gasteiger partial charge in [-0.1, -0.05) is 35.0 Å². The van der Waals surface area contributed by atoms with Crippen LogP contribution in [0.4, 0.5) is 32.2 Å². The Balaban J connectivity index is 1.61. The van der Waals surface area contributed by atoms with Gasteiger partial charge in [0, 0.05) is 6.04 Å². The molecular weight excluding hydrogens is 478 g/mol. The number of hydrogen-bond donors (Lipinski definition) is 0. The largest absolute Gasteiger partial charge is 0.441 e. The van der Waals surface area contributed by atoms with Gasteiger partial charge in [-0.05, 0) is 49.8 Å².